The Morgan fingerprint density at radius 3 is 2.91 bits per heavy atom. The Balaban J connectivity index is 1.62. The van der Waals surface area contributed by atoms with E-state index < -0.39 is 0 Å². The molecule has 1 saturated heterocycles. The maximum atomic E-state index is 13.1. The largest absolute Gasteiger partial charge is 0.341 e. The summed E-state index contributed by atoms with van der Waals surface area (Å²) in [6.45, 7) is 7.32. The van der Waals surface area contributed by atoms with Crippen molar-refractivity contribution in [2.75, 3.05) is 32.7 Å². The minimum absolute atomic E-state index is 0.0189. The molecule has 1 N–H and O–H groups in total. The highest BCUT2D eigenvalue weighted by atomic mass is 16.2. The van der Waals surface area contributed by atoms with E-state index in [0.717, 1.165) is 50.9 Å². The number of likely N-dealkylation sites (tertiary alicyclic amines) is 1. The summed E-state index contributed by atoms with van der Waals surface area (Å²) in [6, 6.07) is 0. The van der Waals surface area contributed by atoms with Crippen LogP contribution in [0, 0.1) is 0 Å². The number of aromatic amines is 1. The van der Waals surface area contributed by atoms with Gasteiger partial charge in [-0.2, -0.15) is 5.10 Å². The van der Waals surface area contributed by atoms with Gasteiger partial charge in [-0.15, -0.1) is 0 Å². The summed E-state index contributed by atoms with van der Waals surface area (Å²) in [7, 11) is 0. The summed E-state index contributed by atoms with van der Waals surface area (Å²) in [4.78, 5) is 17.7. The zero-order chi connectivity index (χ0) is 16.1. The van der Waals surface area contributed by atoms with Gasteiger partial charge in [0, 0.05) is 30.9 Å². The molecule has 0 spiro atoms. The summed E-state index contributed by atoms with van der Waals surface area (Å²) in [5, 5.41) is 7.23. The maximum Gasteiger partial charge on any atom is 0.230 e. The van der Waals surface area contributed by atoms with E-state index in [1.54, 1.807) is 0 Å². The van der Waals surface area contributed by atoms with Crippen molar-refractivity contribution >= 4 is 5.91 Å². The predicted octanol–water partition coefficient (Wildman–Crippen LogP) is 2.55. The number of nitrogens with one attached hydrogen (secondary N) is 1. The number of carbonyl (C=O) groups excluding carboxylic acids is 1. The van der Waals surface area contributed by atoms with Crippen molar-refractivity contribution in [1.82, 2.24) is 20.0 Å². The van der Waals surface area contributed by atoms with Gasteiger partial charge in [-0.1, -0.05) is 13.3 Å². The van der Waals surface area contributed by atoms with Crippen molar-refractivity contribution in [1.29, 1.82) is 0 Å². The van der Waals surface area contributed by atoms with Gasteiger partial charge in [0.25, 0.3) is 0 Å². The van der Waals surface area contributed by atoms with Crippen molar-refractivity contribution in [3.63, 3.8) is 0 Å². The Morgan fingerprint density at radius 1 is 1.30 bits per heavy atom. The molecule has 5 nitrogen and oxygen atoms in total. The summed E-state index contributed by atoms with van der Waals surface area (Å²) < 4.78 is 0. The monoisotopic (exact) mass is 318 g/mol. The third-order valence-corrected chi connectivity index (χ3v) is 5.28. The predicted molar refractivity (Wildman–Crippen MR) is 91.4 cm³/mol. The van der Waals surface area contributed by atoms with Crippen molar-refractivity contribution in [2.24, 2.45) is 0 Å². The summed E-state index contributed by atoms with van der Waals surface area (Å²) in [5.41, 5.74) is 2.31. The third-order valence-electron chi connectivity index (χ3n) is 5.28. The molecule has 1 fully saturated rings. The molecule has 1 atom stereocenters. The van der Waals surface area contributed by atoms with E-state index in [2.05, 4.69) is 26.9 Å². The second-order valence-corrected chi connectivity index (χ2v) is 6.98. The molecule has 0 bridgehead atoms. The molecule has 0 radical (unpaired) electrons. The van der Waals surface area contributed by atoms with E-state index in [-0.39, 0.29) is 5.92 Å². The molecule has 1 aliphatic carbocycles. The van der Waals surface area contributed by atoms with Gasteiger partial charge in [0.15, 0.2) is 0 Å². The van der Waals surface area contributed by atoms with Crippen LogP contribution in [0.1, 0.15) is 62.6 Å². The van der Waals surface area contributed by atoms with Gasteiger partial charge in [-0.3, -0.25) is 9.89 Å². The van der Waals surface area contributed by atoms with Crippen molar-refractivity contribution in [3.8, 4) is 0 Å². The fourth-order valence-electron chi connectivity index (χ4n) is 3.99. The first kappa shape index (κ1) is 16.5. The minimum atomic E-state index is 0.0189. The number of aryl methyl sites for hydroxylation is 1. The fraction of sp³-hybridized carbons (Fsp3) is 0.778. The summed E-state index contributed by atoms with van der Waals surface area (Å²) >= 11 is 0. The number of aromatic nitrogens is 2. The van der Waals surface area contributed by atoms with Crippen molar-refractivity contribution in [2.45, 2.75) is 57.8 Å². The second-order valence-electron chi connectivity index (χ2n) is 6.98. The van der Waals surface area contributed by atoms with Crippen LogP contribution in [-0.4, -0.2) is 58.6 Å². The van der Waals surface area contributed by atoms with Gasteiger partial charge in [-0.25, -0.2) is 0 Å². The quantitative estimate of drug-likeness (QED) is 0.877. The highest BCUT2D eigenvalue weighted by molar-refractivity contribution is 5.84. The standard InChI is InChI=1S/C18H30N4O/c1-2-9-22(13-12-21-10-4-3-5-11-21)18(23)15-7-6-8-17-16(15)14-19-20-17/h14-15H,2-13H2,1H3,(H,19,20). The van der Waals surface area contributed by atoms with Crippen LogP contribution in [0.5, 0.6) is 0 Å². The molecule has 128 valence electrons. The van der Waals surface area contributed by atoms with Crippen LogP contribution in [-0.2, 0) is 11.2 Å². The van der Waals surface area contributed by atoms with Gasteiger partial charge >= 0.3 is 0 Å². The topological polar surface area (TPSA) is 52.2 Å². The normalized spacial score (nSPS) is 21.9. The van der Waals surface area contributed by atoms with E-state index in [9.17, 15) is 4.79 Å². The van der Waals surface area contributed by atoms with Crippen LogP contribution in [0.4, 0.5) is 0 Å². The van der Waals surface area contributed by atoms with Gasteiger partial charge in [0.05, 0.1) is 12.1 Å². The maximum absolute atomic E-state index is 13.1. The van der Waals surface area contributed by atoms with E-state index in [1.165, 1.54) is 38.0 Å². The molecule has 1 amide bonds. The first-order valence-corrected chi connectivity index (χ1v) is 9.33. The Kier molecular flexibility index (Phi) is 5.70. The van der Waals surface area contributed by atoms with Gasteiger partial charge < -0.3 is 9.80 Å². The van der Waals surface area contributed by atoms with E-state index in [4.69, 9.17) is 0 Å². The third kappa shape index (κ3) is 3.94. The zero-order valence-corrected chi connectivity index (χ0v) is 14.4. The summed E-state index contributed by atoms with van der Waals surface area (Å²) in [5.74, 6) is 0.330. The van der Waals surface area contributed by atoms with E-state index >= 15 is 0 Å². The van der Waals surface area contributed by atoms with E-state index in [0.29, 0.717) is 5.91 Å². The molecule has 1 aromatic heterocycles. The smallest absolute Gasteiger partial charge is 0.230 e. The molecule has 2 heterocycles. The summed E-state index contributed by atoms with van der Waals surface area (Å²) in [6.07, 6.45) is 9.95. The molecular weight excluding hydrogens is 288 g/mol. The number of amides is 1. The van der Waals surface area contributed by atoms with Crippen LogP contribution >= 0.6 is 0 Å². The first-order chi connectivity index (χ1) is 11.3. The van der Waals surface area contributed by atoms with Crippen LogP contribution < -0.4 is 0 Å². The lowest BCUT2D eigenvalue weighted by Crippen LogP contribution is -2.43. The van der Waals surface area contributed by atoms with Crippen LogP contribution in [0.3, 0.4) is 0 Å². The number of hydrogen-bond donors (Lipinski definition) is 1. The molecule has 1 unspecified atom stereocenters. The molecule has 5 heteroatoms. The molecule has 0 saturated carbocycles. The minimum Gasteiger partial charge on any atom is -0.341 e. The van der Waals surface area contributed by atoms with Gasteiger partial charge in [0.1, 0.15) is 0 Å². The number of piperidine rings is 1. The SMILES string of the molecule is CCCN(CCN1CCCCC1)C(=O)C1CCCc2[nH]ncc21. The van der Waals surface area contributed by atoms with Crippen LogP contribution in [0.25, 0.3) is 0 Å². The van der Waals surface area contributed by atoms with Crippen molar-refractivity contribution in [3.05, 3.63) is 17.5 Å². The Morgan fingerprint density at radius 2 is 2.13 bits per heavy atom. The number of H-pyrrole nitrogens is 1. The average Bonchev–Trinajstić information content (AvgIpc) is 3.07. The van der Waals surface area contributed by atoms with Gasteiger partial charge in [-0.05, 0) is 51.6 Å². The number of rotatable bonds is 6. The van der Waals surface area contributed by atoms with Crippen LogP contribution in [0.2, 0.25) is 0 Å². The lowest BCUT2D eigenvalue weighted by molar-refractivity contribution is -0.133. The molecule has 3 rings (SSSR count). The highest BCUT2D eigenvalue weighted by Crippen LogP contribution is 2.31. The first-order valence-electron chi connectivity index (χ1n) is 9.33. The zero-order valence-electron chi connectivity index (χ0n) is 14.4. The Bertz CT molecular complexity index is 507. The van der Waals surface area contributed by atoms with Gasteiger partial charge in [0.2, 0.25) is 5.91 Å². The number of nitrogens with zero attached hydrogens (tertiary/aromatic N) is 3. The Labute approximate surface area is 139 Å². The lowest BCUT2D eigenvalue weighted by Gasteiger charge is -2.32. The Hall–Kier alpha value is -1.36. The lowest BCUT2D eigenvalue weighted by atomic mass is 9.86. The van der Waals surface area contributed by atoms with Crippen LogP contribution in [0.15, 0.2) is 6.20 Å². The highest BCUT2D eigenvalue weighted by Gasteiger charge is 2.31. The number of fused-ring (bicyclic) bond motifs is 1. The fourth-order valence-corrected chi connectivity index (χ4v) is 3.99. The molecular formula is C18H30N4O. The average molecular weight is 318 g/mol. The van der Waals surface area contributed by atoms with Crippen molar-refractivity contribution < 1.29 is 4.79 Å². The molecule has 0 aromatic carbocycles. The second kappa shape index (κ2) is 7.95. The van der Waals surface area contributed by atoms with E-state index in [1.807, 2.05) is 6.20 Å². The molecule has 23 heavy (non-hydrogen) atoms. The number of hydrogen-bond acceptors (Lipinski definition) is 3. The molecule has 1 aromatic rings. The number of carbonyl (C=O) groups is 1. The molecule has 1 aliphatic heterocycles. The molecule has 2 aliphatic rings.